The zero-order chi connectivity index (χ0) is 26.2. The summed E-state index contributed by atoms with van der Waals surface area (Å²) in [6.07, 6.45) is 4.98. The van der Waals surface area contributed by atoms with Gasteiger partial charge in [0.25, 0.3) is 0 Å². The van der Waals surface area contributed by atoms with E-state index in [4.69, 9.17) is 14.2 Å². The van der Waals surface area contributed by atoms with Crippen molar-refractivity contribution in [2.45, 2.75) is 58.5 Å². The molecule has 2 N–H and O–H groups in total. The number of carbonyl (C=O) groups excluding carboxylic acids is 1. The number of rotatable bonds is 17. The molecule has 0 aromatic heterocycles. The number of carboxylic acids is 1. The number of carbonyl (C=O) groups is 2. The summed E-state index contributed by atoms with van der Waals surface area (Å²) in [5.74, 6) is 0.374. The van der Waals surface area contributed by atoms with Crippen LogP contribution in [0.4, 0.5) is 10.5 Å². The summed E-state index contributed by atoms with van der Waals surface area (Å²) in [7, 11) is 1.59. The molecule has 198 valence electrons. The lowest BCUT2D eigenvalue weighted by atomic mass is 10.1. The first-order valence-corrected chi connectivity index (χ1v) is 12.7. The van der Waals surface area contributed by atoms with Crippen molar-refractivity contribution in [3.8, 4) is 11.5 Å². The number of unbranched alkanes of at least 4 members (excludes halogenated alkanes) is 4. The van der Waals surface area contributed by atoms with Gasteiger partial charge in [-0.2, -0.15) is 0 Å². The minimum Gasteiger partial charge on any atom is -0.497 e. The lowest BCUT2D eigenvalue weighted by Gasteiger charge is -2.23. The van der Waals surface area contributed by atoms with Gasteiger partial charge in [0.05, 0.1) is 13.7 Å². The summed E-state index contributed by atoms with van der Waals surface area (Å²) in [6.45, 7) is 5.74. The number of hydrogen-bond acceptors (Lipinski definition) is 5. The highest BCUT2D eigenvalue weighted by Crippen LogP contribution is 2.18. The maximum absolute atomic E-state index is 13.0. The SMILES string of the molecule is CCCCCCCN(CCOc1ccc(CC(OCC)C(=O)O)cc1)C(=O)Nc1cccc(OC)c1. The molecule has 2 aromatic rings. The highest BCUT2D eigenvalue weighted by molar-refractivity contribution is 5.89. The Balaban J connectivity index is 1.92. The number of anilines is 1. The van der Waals surface area contributed by atoms with E-state index in [1.807, 2.05) is 42.5 Å². The topological polar surface area (TPSA) is 97.3 Å². The van der Waals surface area contributed by atoms with Crippen LogP contribution in [0.1, 0.15) is 51.5 Å². The van der Waals surface area contributed by atoms with Gasteiger partial charge in [0.2, 0.25) is 0 Å². The number of nitrogens with one attached hydrogen (secondary N) is 1. The molecule has 0 saturated heterocycles. The number of amides is 2. The summed E-state index contributed by atoms with van der Waals surface area (Å²) in [6, 6.07) is 14.4. The molecule has 8 heteroatoms. The predicted molar refractivity (Wildman–Crippen MR) is 141 cm³/mol. The number of urea groups is 1. The molecule has 2 rings (SSSR count). The number of nitrogens with zero attached hydrogens (tertiary/aromatic N) is 1. The van der Waals surface area contributed by atoms with E-state index in [9.17, 15) is 14.7 Å². The molecule has 0 aliphatic rings. The van der Waals surface area contributed by atoms with Crippen molar-refractivity contribution in [3.05, 3.63) is 54.1 Å². The fourth-order valence-electron chi connectivity index (χ4n) is 3.75. The van der Waals surface area contributed by atoms with Crippen LogP contribution in [0.2, 0.25) is 0 Å². The first-order chi connectivity index (χ1) is 17.5. The average Bonchev–Trinajstić information content (AvgIpc) is 2.88. The van der Waals surface area contributed by atoms with Crippen LogP contribution in [-0.4, -0.2) is 61.5 Å². The molecule has 0 radical (unpaired) electrons. The van der Waals surface area contributed by atoms with Crippen molar-refractivity contribution >= 4 is 17.7 Å². The van der Waals surface area contributed by atoms with E-state index in [0.717, 1.165) is 24.8 Å². The van der Waals surface area contributed by atoms with Gasteiger partial charge >= 0.3 is 12.0 Å². The van der Waals surface area contributed by atoms with Crippen LogP contribution in [0.3, 0.4) is 0 Å². The van der Waals surface area contributed by atoms with E-state index in [0.29, 0.717) is 49.9 Å². The summed E-state index contributed by atoms with van der Waals surface area (Å²) < 4.78 is 16.4. The highest BCUT2D eigenvalue weighted by atomic mass is 16.5. The van der Waals surface area contributed by atoms with Gasteiger partial charge in [-0.3, -0.25) is 0 Å². The Morgan fingerprint density at radius 3 is 2.39 bits per heavy atom. The van der Waals surface area contributed by atoms with Crippen LogP contribution in [0, 0.1) is 0 Å². The number of aliphatic carboxylic acids is 1. The minimum absolute atomic E-state index is 0.173. The first kappa shape index (κ1) is 29.0. The molecule has 0 aliphatic carbocycles. The Hall–Kier alpha value is -3.26. The Morgan fingerprint density at radius 1 is 0.972 bits per heavy atom. The van der Waals surface area contributed by atoms with E-state index >= 15 is 0 Å². The molecule has 0 fully saturated rings. The van der Waals surface area contributed by atoms with Crippen molar-refractivity contribution in [2.75, 3.05) is 38.7 Å². The molecule has 2 amide bonds. The predicted octanol–water partition coefficient (Wildman–Crippen LogP) is 5.61. The molecule has 0 aliphatic heterocycles. The summed E-state index contributed by atoms with van der Waals surface area (Å²) in [4.78, 5) is 26.1. The zero-order valence-corrected chi connectivity index (χ0v) is 21.7. The monoisotopic (exact) mass is 500 g/mol. The minimum atomic E-state index is -0.973. The number of methoxy groups -OCH3 is 1. The number of hydrogen-bond donors (Lipinski definition) is 2. The standard InChI is InChI=1S/C28H40N2O6/c1-4-6-7-8-9-17-30(28(33)29-23-11-10-12-25(21-23)34-3)18-19-36-24-15-13-22(14-16-24)20-26(27(31)32)35-5-2/h10-16,21,26H,4-9,17-20H2,1-3H3,(H,29,33)(H,31,32). The van der Waals surface area contributed by atoms with Gasteiger partial charge in [0, 0.05) is 31.3 Å². The second-order valence-corrected chi connectivity index (χ2v) is 8.54. The quantitative estimate of drug-likeness (QED) is 0.274. The van der Waals surface area contributed by atoms with Crippen LogP contribution in [-0.2, 0) is 16.0 Å². The number of carboxylic acid groups (broad SMARTS) is 1. The van der Waals surface area contributed by atoms with Crippen molar-refractivity contribution in [1.29, 1.82) is 0 Å². The molecule has 0 bridgehead atoms. The fourth-order valence-corrected chi connectivity index (χ4v) is 3.75. The maximum atomic E-state index is 13.0. The molecular weight excluding hydrogens is 460 g/mol. The average molecular weight is 501 g/mol. The third-order valence-electron chi connectivity index (χ3n) is 5.76. The normalized spacial score (nSPS) is 11.5. The fraction of sp³-hybridized carbons (Fsp3) is 0.500. The maximum Gasteiger partial charge on any atom is 0.333 e. The number of ether oxygens (including phenoxy) is 3. The molecule has 0 spiro atoms. The van der Waals surface area contributed by atoms with Gasteiger partial charge in [0.15, 0.2) is 6.10 Å². The van der Waals surface area contributed by atoms with Gasteiger partial charge < -0.3 is 29.5 Å². The Morgan fingerprint density at radius 2 is 1.72 bits per heavy atom. The van der Waals surface area contributed by atoms with Crippen molar-refractivity contribution in [3.63, 3.8) is 0 Å². The molecule has 0 saturated carbocycles. The van der Waals surface area contributed by atoms with Gasteiger partial charge in [0.1, 0.15) is 18.1 Å². The molecular formula is C28H40N2O6. The molecule has 36 heavy (non-hydrogen) atoms. The molecule has 2 aromatic carbocycles. The van der Waals surface area contributed by atoms with E-state index in [1.165, 1.54) is 12.8 Å². The third kappa shape index (κ3) is 10.6. The Labute approximate surface area is 214 Å². The van der Waals surface area contributed by atoms with E-state index in [1.54, 1.807) is 25.0 Å². The summed E-state index contributed by atoms with van der Waals surface area (Å²) in [5.41, 5.74) is 1.54. The third-order valence-corrected chi connectivity index (χ3v) is 5.76. The van der Waals surface area contributed by atoms with Gasteiger partial charge in [-0.25, -0.2) is 9.59 Å². The summed E-state index contributed by atoms with van der Waals surface area (Å²) in [5, 5.41) is 12.2. The lowest BCUT2D eigenvalue weighted by molar-refractivity contribution is -0.149. The van der Waals surface area contributed by atoms with Crippen LogP contribution in [0.15, 0.2) is 48.5 Å². The molecule has 1 atom stereocenters. The summed E-state index contributed by atoms with van der Waals surface area (Å²) >= 11 is 0. The van der Waals surface area contributed by atoms with Gasteiger partial charge in [-0.1, -0.05) is 50.8 Å². The van der Waals surface area contributed by atoms with E-state index < -0.39 is 12.1 Å². The van der Waals surface area contributed by atoms with Gasteiger partial charge in [-0.05, 0) is 43.2 Å². The van der Waals surface area contributed by atoms with Crippen molar-refractivity contribution < 1.29 is 28.9 Å². The van der Waals surface area contributed by atoms with E-state index in [-0.39, 0.29) is 6.03 Å². The van der Waals surface area contributed by atoms with E-state index in [2.05, 4.69) is 12.2 Å². The van der Waals surface area contributed by atoms with Crippen molar-refractivity contribution in [1.82, 2.24) is 4.90 Å². The zero-order valence-electron chi connectivity index (χ0n) is 21.7. The van der Waals surface area contributed by atoms with Crippen LogP contribution < -0.4 is 14.8 Å². The lowest BCUT2D eigenvalue weighted by Crippen LogP contribution is -2.38. The second-order valence-electron chi connectivity index (χ2n) is 8.54. The Bertz CT molecular complexity index is 919. The Kier molecular flexibility index (Phi) is 13.2. The smallest absolute Gasteiger partial charge is 0.333 e. The number of benzene rings is 2. The molecule has 1 unspecified atom stereocenters. The van der Waals surface area contributed by atoms with Crippen molar-refractivity contribution in [2.24, 2.45) is 0 Å². The molecule has 8 nitrogen and oxygen atoms in total. The van der Waals surface area contributed by atoms with Crippen LogP contribution >= 0.6 is 0 Å². The van der Waals surface area contributed by atoms with Gasteiger partial charge in [-0.15, -0.1) is 0 Å². The highest BCUT2D eigenvalue weighted by Gasteiger charge is 2.18. The second kappa shape index (κ2) is 16.4. The van der Waals surface area contributed by atoms with Crippen LogP contribution in [0.25, 0.3) is 0 Å². The first-order valence-electron chi connectivity index (χ1n) is 12.7. The molecule has 0 heterocycles. The largest absolute Gasteiger partial charge is 0.497 e. The van der Waals surface area contributed by atoms with Crippen LogP contribution in [0.5, 0.6) is 11.5 Å².